The average molecular weight is 284 g/mol. The Morgan fingerprint density at radius 3 is 2.48 bits per heavy atom. The normalized spacial score (nSPS) is 13.8. The standard InChI is InChI=1S/C15H16N4O2/c1-9-13(17-8-16-9)15(21)19-11-4-2-10(3-5-11)14(20)18-12-6-7-12/h2-5,8,12H,6-7H2,1H3,(H,16,17)(H,18,20)(H,19,21). The van der Waals surface area contributed by atoms with Crippen LogP contribution in [0, 0.1) is 6.92 Å². The highest BCUT2D eigenvalue weighted by molar-refractivity contribution is 6.04. The minimum Gasteiger partial charge on any atom is -0.349 e. The van der Waals surface area contributed by atoms with Gasteiger partial charge in [0.05, 0.1) is 6.33 Å². The molecule has 1 aliphatic carbocycles. The fourth-order valence-corrected chi connectivity index (χ4v) is 1.98. The van der Waals surface area contributed by atoms with Gasteiger partial charge in [0.25, 0.3) is 11.8 Å². The van der Waals surface area contributed by atoms with Crippen molar-refractivity contribution in [1.29, 1.82) is 0 Å². The third kappa shape index (κ3) is 3.10. The van der Waals surface area contributed by atoms with E-state index in [1.54, 1.807) is 31.2 Å². The Labute approximate surface area is 122 Å². The summed E-state index contributed by atoms with van der Waals surface area (Å²) in [6.07, 6.45) is 3.60. The Balaban J connectivity index is 1.65. The number of benzene rings is 1. The van der Waals surface area contributed by atoms with E-state index in [1.165, 1.54) is 6.33 Å². The summed E-state index contributed by atoms with van der Waals surface area (Å²) in [5.41, 5.74) is 2.31. The number of anilines is 1. The molecule has 3 N–H and O–H groups in total. The van der Waals surface area contributed by atoms with Crippen LogP contribution in [0.4, 0.5) is 5.69 Å². The number of aryl methyl sites for hydroxylation is 1. The van der Waals surface area contributed by atoms with Gasteiger partial charge < -0.3 is 15.6 Å². The molecular weight excluding hydrogens is 268 g/mol. The zero-order valence-electron chi connectivity index (χ0n) is 11.6. The Morgan fingerprint density at radius 2 is 1.90 bits per heavy atom. The second kappa shape index (κ2) is 5.40. The van der Waals surface area contributed by atoms with Crippen LogP contribution in [-0.2, 0) is 0 Å². The van der Waals surface area contributed by atoms with Crippen LogP contribution in [0.2, 0.25) is 0 Å². The van der Waals surface area contributed by atoms with Crippen molar-refractivity contribution in [3.8, 4) is 0 Å². The maximum atomic E-state index is 12.0. The zero-order chi connectivity index (χ0) is 14.8. The average Bonchev–Trinajstić information content (AvgIpc) is 3.18. The molecule has 1 aliphatic rings. The topological polar surface area (TPSA) is 86.9 Å². The van der Waals surface area contributed by atoms with Gasteiger partial charge in [-0.15, -0.1) is 0 Å². The third-order valence-corrected chi connectivity index (χ3v) is 3.36. The molecule has 3 rings (SSSR count). The lowest BCUT2D eigenvalue weighted by atomic mass is 10.2. The van der Waals surface area contributed by atoms with Crippen LogP contribution in [0.15, 0.2) is 30.6 Å². The molecule has 1 saturated carbocycles. The first kappa shape index (κ1) is 13.4. The van der Waals surface area contributed by atoms with E-state index in [2.05, 4.69) is 20.6 Å². The first-order valence-corrected chi connectivity index (χ1v) is 6.86. The van der Waals surface area contributed by atoms with Gasteiger partial charge >= 0.3 is 0 Å². The van der Waals surface area contributed by atoms with E-state index in [4.69, 9.17) is 0 Å². The lowest BCUT2D eigenvalue weighted by Gasteiger charge is -2.06. The Hall–Kier alpha value is -2.63. The molecule has 0 aliphatic heterocycles. The fraction of sp³-hybridized carbons (Fsp3) is 0.267. The summed E-state index contributed by atoms with van der Waals surface area (Å²) in [5.74, 6) is -0.345. The molecule has 0 bridgehead atoms. The van der Waals surface area contributed by atoms with Gasteiger partial charge in [0.1, 0.15) is 5.69 Å². The molecule has 0 radical (unpaired) electrons. The molecule has 0 atom stereocenters. The molecule has 21 heavy (non-hydrogen) atoms. The molecule has 2 amide bonds. The van der Waals surface area contributed by atoms with Gasteiger partial charge in [0, 0.05) is 23.0 Å². The summed E-state index contributed by atoms with van der Waals surface area (Å²) in [6, 6.07) is 7.15. The number of rotatable bonds is 4. The van der Waals surface area contributed by atoms with Crippen molar-refractivity contribution < 1.29 is 9.59 Å². The molecule has 0 saturated heterocycles. The Bertz CT molecular complexity index is 671. The molecule has 0 spiro atoms. The second-order valence-corrected chi connectivity index (χ2v) is 5.16. The van der Waals surface area contributed by atoms with Gasteiger partial charge in [-0.25, -0.2) is 4.98 Å². The quantitative estimate of drug-likeness (QED) is 0.801. The number of aromatic nitrogens is 2. The molecule has 108 valence electrons. The number of nitrogens with one attached hydrogen (secondary N) is 3. The molecule has 1 aromatic carbocycles. The number of hydrogen-bond acceptors (Lipinski definition) is 3. The number of hydrogen-bond donors (Lipinski definition) is 3. The highest BCUT2D eigenvalue weighted by Crippen LogP contribution is 2.19. The zero-order valence-corrected chi connectivity index (χ0v) is 11.6. The van der Waals surface area contributed by atoms with Crippen LogP contribution in [0.1, 0.15) is 39.4 Å². The Kier molecular flexibility index (Phi) is 3.43. The van der Waals surface area contributed by atoms with Gasteiger partial charge in [-0.1, -0.05) is 0 Å². The maximum absolute atomic E-state index is 12.0. The number of carbonyl (C=O) groups is 2. The SMILES string of the molecule is Cc1[nH]cnc1C(=O)Nc1ccc(C(=O)NC2CC2)cc1. The van der Waals surface area contributed by atoms with Crippen molar-refractivity contribution in [2.45, 2.75) is 25.8 Å². The maximum Gasteiger partial charge on any atom is 0.276 e. The molecular formula is C15H16N4O2. The van der Waals surface area contributed by atoms with Gasteiger partial charge in [0.15, 0.2) is 0 Å². The van der Waals surface area contributed by atoms with Crippen LogP contribution in [0.3, 0.4) is 0 Å². The Morgan fingerprint density at radius 1 is 1.19 bits per heavy atom. The number of amides is 2. The van der Waals surface area contributed by atoms with Crippen molar-refractivity contribution in [3.05, 3.63) is 47.5 Å². The largest absolute Gasteiger partial charge is 0.349 e. The molecule has 1 fully saturated rings. The van der Waals surface area contributed by atoms with E-state index < -0.39 is 0 Å². The number of nitrogens with zero attached hydrogens (tertiary/aromatic N) is 1. The first-order valence-electron chi connectivity index (χ1n) is 6.86. The van der Waals surface area contributed by atoms with Gasteiger partial charge in [-0.3, -0.25) is 9.59 Å². The van der Waals surface area contributed by atoms with Crippen molar-refractivity contribution in [2.24, 2.45) is 0 Å². The summed E-state index contributed by atoms with van der Waals surface area (Å²) < 4.78 is 0. The third-order valence-electron chi connectivity index (χ3n) is 3.36. The molecule has 2 aromatic rings. The molecule has 1 aromatic heterocycles. The van der Waals surface area contributed by atoms with Crippen molar-refractivity contribution >= 4 is 17.5 Å². The van der Waals surface area contributed by atoms with Crippen LogP contribution in [-0.4, -0.2) is 27.8 Å². The van der Waals surface area contributed by atoms with Gasteiger partial charge in [0.2, 0.25) is 0 Å². The smallest absolute Gasteiger partial charge is 0.276 e. The number of aromatic amines is 1. The predicted octanol–water partition coefficient (Wildman–Crippen LogP) is 1.86. The molecule has 6 nitrogen and oxygen atoms in total. The number of H-pyrrole nitrogens is 1. The lowest BCUT2D eigenvalue weighted by molar-refractivity contribution is 0.0950. The summed E-state index contributed by atoms with van der Waals surface area (Å²) in [6.45, 7) is 1.78. The minimum absolute atomic E-state index is 0.0708. The predicted molar refractivity (Wildman–Crippen MR) is 78.2 cm³/mol. The van der Waals surface area contributed by atoms with E-state index >= 15 is 0 Å². The van der Waals surface area contributed by atoms with E-state index in [1.807, 2.05) is 0 Å². The van der Waals surface area contributed by atoms with Crippen molar-refractivity contribution in [2.75, 3.05) is 5.32 Å². The van der Waals surface area contributed by atoms with Crippen molar-refractivity contribution in [1.82, 2.24) is 15.3 Å². The molecule has 0 unspecified atom stereocenters. The van der Waals surface area contributed by atoms with E-state index in [9.17, 15) is 9.59 Å². The number of carbonyl (C=O) groups excluding carboxylic acids is 2. The highest BCUT2D eigenvalue weighted by Gasteiger charge is 2.23. The fourth-order valence-electron chi connectivity index (χ4n) is 1.98. The summed E-state index contributed by atoms with van der Waals surface area (Å²) >= 11 is 0. The van der Waals surface area contributed by atoms with E-state index in [0.29, 0.717) is 28.7 Å². The van der Waals surface area contributed by atoms with Gasteiger partial charge in [-0.05, 0) is 44.0 Å². The van der Waals surface area contributed by atoms with E-state index in [0.717, 1.165) is 12.8 Å². The van der Waals surface area contributed by atoms with Gasteiger partial charge in [-0.2, -0.15) is 0 Å². The summed E-state index contributed by atoms with van der Waals surface area (Å²) in [4.78, 5) is 30.7. The van der Waals surface area contributed by atoms with Crippen LogP contribution in [0.25, 0.3) is 0 Å². The monoisotopic (exact) mass is 284 g/mol. The van der Waals surface area contributed by atoms with Crippen LogP contribution >= 0.6 is 0 Å². The van der Waals surface area contributed by atoms with Crippen LogP contribution < -0.4 is 10.6 Å². The van der Waals surface area contributed by atoms with E-state index in [-0.39, 0.29) is 11.8 Å². The van der Waals surface area contributed by atoms with Crippen molar-refractivity contribution in [3.63, 3.8) is 0 Å². The molecule has 1 heterocycles. The lowest BCUT2D eigenvalue weighted by Crippen LogP contribution is -2.25. The second-order valence-electron chi connectivity index (χ2n) is 5.16. The summed E-state index contributed by atoms with van der Waals surface area (Å²) in [7, 11) is 0. The summed E-state index contributed by atoms with van der Waals surface area (Å²) in [5, 5.41) is 5.67. The first-order chi connectivity index (χ1) is 10.1. The minimum atomic E-state index is -0.274. The number of imidazole rings is 1. The van der Waals surface area contributed by atoms with Crippen LogP contribution in [0.5, 0.6) is 0 Å². The molecule has 6 heteroatoms. The highest BCUT2D eigenvalue weighted by atomic mass is 16.2.